The van der Waals surface area contributed by atoms with Gasteiger partial charge in [0.15, 0.2) is 0 Å². The van der Waals surface area contributed by atoms with Crippen LogP contribution in [0.15, 0.2) is 29.2 Å². The lowest BCUT2D eigenvalue weighted by atomic mass is 10.2. The molecule has 0 unspecified atom stereocenters. The predicted octanol–water partition coefficient (Wildman–Crippen LogP) is 2.88. The van der Waals surface area contributed by atoms with Gasteiger partial charge in [-0.15, -0.1) is 12.6 Å². The first-order chi connectivity index (χ1) is 5.79. The van der Waals surface area contributed by atoms with E-state index in [4.69, 9.17) is 0 Å². The van der Waals surface area contributed by atoms with E-state index < -0.39 is 0 Å². The van der Waals surface area contributed by atoms with Crippen LogP contribution in [0.5, 0.6) is 0 Å². The topological polar surface area (TPSA) is 26.0 Å². The van der Waals surface area contributed by atoms with Crippen molar-refractivity contribution in [1.82, 2.24) is 0 Å². The van der Waals surface area contributed by atoms with Gasteiger partial charge in [-0.05, 0) is 26.1 Å². The first-order valence-electron chi connectivity index (χ1n) is 4.12. The molecule has 0 radical (unpaired) electrons. The highest BCUT2D eigenvalue weighted by Crippen LogP contribution is 2.05. The van der Waals surface area contributed by atoms with Gasteiger partial charge < -0.3 is 5.73 Å². The number of nitrogens with two attached hydrogens (primary N) is 1. The van der Waals surface area contributed by atoms with Gasteiger partial charge in [-0.3, -0.25) is 0 Å². The second kappa shape index (κ2) is 10.5. The molecule has 0 aliphatic heterocycles. The molecule has 1 aromatic rings. The van der Waals surface area contributed by atoms with E-state index in [0.29, 0.717) is 0 Å². The summed E-state index contributed by atoms with van der Waals surface area (Å²) < 4.78 is 0. The first-order valence-corrected chi connectivity index (χ1v) is 4.57. The molecule has 0 heterocycles. The molecule has 0 spiro atoms. The van der Waals surface area contributed by atoms with E-state index in [2.05, 4.69) is 25.3 Å². The first kappa shape index (κ1) is 14.1. The van der Waals surface area contributed by atoms with Crippen LogP contribution in [-0.4, -0.2) is 7.05 Å². The molecule has 1 rings (SSSR count). The Morgan fingerprint density at radius 1 is 1.00 bits per heavy atom. The summed E-state index contributed by atoms with van der Waals surface area (Å²) in [5.74, 6) is 0. The van der Waals surface area contributed by atoms with Crippen LogP contribution in [0.3, 0.4) is 0 Å². The summed E-state index contributed by atoms with van der Waals surface area (Å²) in [7, 11) is 1.50. The van der Waals surface area contributed by atoms with E-state index in [-0.39, 0.29) is 0 Å². The largest absolute Gasteiger partial charge is 0.333 e. The summed E-state index contributed by atoms with van der Waals surface area (Å²) in [6, 6.07) is 8.06. The van der Waals surface area contributed by atoms with E-state index in [1.165, 1.54) is 12.6 Å². The van der Waals surface area contributed by atoms with Crippen molar-refractivity contribution in [3.8, 4) is 0 Å². The lowest BCUT2D eigenvalue weighted by molar-refractivity contribution is 1.39. The highest BCUT2D eigenvalue weighted by Gasteiger charge is 1.80. The van der Waals surface area contributed by atoms with Gasteiger partial charge in [0.2, 0.25) is 0 Å². The smallest absolute Gasteiger partial charge is 0.00401 e. The number of hydrogen-bond donors (Lipinski definition) is 2. The zero-order valence-corrected chi connectivity index (χ0v) is 9.23. The number of hydrogen-bond acceptors (Lipinski definition) is 2. The summed E-state index contributed by atoms with van der Waals surface area (Å²) >= 11 is 4.13. The Labute approximate surface area is 81.4 Å². The van der Waals surface area contributed by atoms with Gasteiger partial charge in [-0.25, -0.2) is 0 Å². The fraction of sp³-hybridized carbons (Fsp3) is 0.400. The Morgan fingerprint density at radius 3 is 1.58 bits per heavy atom. The van der Waals surface area contributed by atoms with Crippen LogP contribution in [0.2, 0.25) is 0 Å². The van der Waals surface area contributed by atoms with Gasteiger partial charge in [0.25, 0.3) is 0 Å². The number of aryl methyl sites for hydroxylation is 1. The maximum atomic E-state index is 4.50. The van der Waals surface area contributed by atoms with E-state index in [1.54, 1.807) is 0 Å². The van der Waals surface area contributed by atoms with Crippen LogP contribution in [0, 0.1) is 6.92 Å². The summed E-state index contributed by atoms with van der Waals surface area (Å²) in [6.45, 7) is 6.06. The second-order valence-electron chi connectivity index (χ2n) is 1.84. The lowest BCUT2D eigenvalue weighted by Crippen LogP contribution is -1.69. The van der Waals surface area contributed by atoms with Crippen molar-refractivity contribution >= 4 is 12.6 Å². The maximum absolute atomic E-state index is 4.50. The van der Waals surface area contributed by atoms with Gasteiger partial charge in [-0.2, -0.15) is 0 Å². The van der Waals surface area contributed by atoms with Crippen molar-refractivity contribution in [1.29, 1.82) is 0 Å². The average molecular weight is 185 g/mol. The predicted molar refractivity (Wildman–Crippen MR) is 59.9 cm³/mol. The highest BCUT2D eigenvalue weighted by atomic mass is 32.1. The van der Waals surface area contributed by atoms with Crippen LogP contribution in [0.1, 0.15) is 19.4 Å². The number of rotatable bonds is 0. The Morgan fingerprint density at radius 2 is 1.33 bits per heavy atom. The molecule has 1 nitrogen and oxygen atoms in total. The zero-order valence-electron chi connectivity index (χ0n) is 8.33. The number of benzene rings is 1. The van der Waals surface area contributed by atoms with Crippen LogP contribution < -0.4 is 5.73 Å². The highest BCUT2D eigenvalue weighted by molar-refractivity contribution is 7.80. The zero-order chi connectivity index (χ0) is 9.98. The minimum Gasteiger partial charge on any atom is -0.333 e. The third kappa shape index (κ3) is 7.63. The van der Waals surface area contributed by atoms with Gasteiger partial charge in [0.1, 0.15) is 0 Å². The minimum absolute atomic E-state index is 1.02. The Bertz CT molecular complexity index is 149. The minimum atomic E-state index is 1.02. The van der Waals surface area contributed by atoms with Crippen molar-refractivity contribution in [3.05, 3.63) is 29.8 Å². The van der Waals surface area contributed by atoms with Crippen molar-refractivity contribution in [2.24, 2.45) is 5.73 Å². The fourth-order valence-electron chi connectivity index (χ4n) is 0.545. The quantitative estimate of drug-likeness (QED) is 0.597. The normalized spacial score (nSPS) is 7.17. The van der Waals surface area contributed by atoms with Gasteiger partial charge in [0.05, 0.1) is 0 Å². The molecule has 70 valence electrons. The van der Waals surface area contributed by atoms with Gasteiger partial charge >= 0.3 is 0 Å². The average Bonchev–Trinajstić information content (AvgIpc) is 2.17. The van der Waals surface area contributed by atoms with Gasteiger partial charge in [-0.1, -0.05) is 31.5 Å². The molecular weight excluding hydrogens is 166 g/mol. The van der Waals surface area contributed by atoms with Gasteiger partial charge in [0, 0.05) is 4.90 Å². The SMILES string of the molecule is CC.CN.Cc1ccc(S)cc1. The monoisotopic (exact) mass is 185 g/mol. The third-order valence-electron chi connectivity index (χ3n) is 1.03. The lowest BCUT2D eigenvalue weighted by Gasteiger charge is -1.89. The Kier molecular flexibility index (Phi) is 12.4. The molecule has 0 atom stereocenters. The Hall–Kier alpha value is -0.470. The van der Waals surface area contributed by atoms with Crippen LogP contribution in [0.4, 0.5) is 0 Å². The molecule has 2 N–H and O–H groups in total. The molecular formula is C10H19NS. The molecule has 0 fully saturated rings. The molecule has 0 aliphatic carbocycles. The standard InChI is InChI=1S/C7H8S.C2H6.CH5N/c1-6-2-4-7(8)5-3-6;2*1-2/h2-5,8H,1H3;1-2H3;2H2,1H3. The van der Waals surface area contributed by atoms with Crippen molar-refractivity contribution in [2.45, 2.75) is 25.7 Å². The van der Waals surface area contributed by atoms with Crippen molar-refractivity contribution in [2.75, 3.05) is 7.05 Å². The van der Waals surface area contributed by atoms with Crippen LogP contribution >= 0.6 is 12.6 Å². The molecule has 0 amide bonds. The molecule has 0 saturated heterocycles. The molecule has 1 aromatic carbocycles. The van der Waals surface area contributed by atoms with E-state index in [9.17, 15) is 0 Å². The summed E-state index contributed by atoms with van der Waals surface area (Å²) in [5.41, 5.74) is 5.78. The van der Waals surface area contributed by atoms with E-state index >= 15 is 0 Å². The molecule has 0 aromatic heterocycles. The fourth-order valence-corrected chi connectivity index (χ4v) is 0.694. The Balaban J connectivity index is 0. The summed E-state index contributed by atoms with van der Waals surface area (Å²) in [6.07, 6.45) is 0. The van der Waals surface area contributed by atoms with Crippen molar-refractivity contribution < 1.29 is 0 Å². The molecule has 12 heavy (non-hydrogen) atoms. The molecule has 0 aliphatic rings. The third-order valence-corrected chi connectivity index (χ3v) is 1.33. The number of thiol groups is 1. The molecule has 0 saturated carbocycles. The summed E-state index contributed by atoms with van der Waals surface area (Å²) in [4.78, 5) is 1.02. The van der Waals surface area contributed by atoms with Crippen LogP contribution in [0.25, 0.3) is 0 Å². The van der Waals surface area contributed by atoms with Crippen LogP contribution in [-0.2, 0) is 0 Å². The molecule has 2 heteroatoms. The maximum Gasteiger partial charge on any atom is 0.00401 e. The molecule has 0 bridgehead atoms. The van der Waals surface area contributed by atoms with Crippen molar-refractivity contribution in [3.63, 3.8) is 0 Å². The van der Waals surface area contributed by atoms with E-state index in [1.807, 2.05) is 38.1 Å². The second-order valence-corrected chi connectivity index (χ2v) is 2.35. The van der Waals surface area contributed by atoms with E-state index in [0.717, 1.165) is 4.90 Å². The summed E-state index contributed by atoms with van der Waals surface area (Å²) in [5, 5.41) is 0.